The summed E-state index contributed by atoms with van der Waals surface area (Å²) in [7, 11) is 0. The molecule has 4 heterocycles. The molecule has 0 aromatic heterocycles. The number of carbonyl (C=O) groups excluding carboxylic acids is 4. The summed E-state index contributed by atoms with van der Waals surface area (Å²) in [5.41, 5.74) is 3.26. The summed E-state index contributed by atoms with van der Waals surface area (Å²) >= 11 is 0. The van der Waals surface area contributed by atoms with Gasteiger partial charge in [-0.05, 0) is 63.4 Å². The van der Waals surface area contributed by atoms with E-state index in [9.17, 15) is 19.2 Å². The highest BCUT2D eigenvalue weighted by molar-refractivity contribution is 6.05. The zero-order valence-electron chi connectivity index (χ0n) is 24.5. The normalized spacial score (nSPS) is 21.8. The van der Waals surface area contributed by atoms with Gasteiger partial charge in [0.25, 0.3) is 5.91 Å². The van der Waals surface area contributed by atoms with Gasteiger partial charge in [0.1, 0.15) is 24.0 Å². The zero-order valence-corrected chi connectivity index (χ0v) is 24.5. The SMILES string of the molecule is CC(C)(C)OC(=O)N1CC2(CCN(Cc3ccc(COc4cccc5c4CN(C4CCC(=O)NC4=O)C5=O)cc3)C2)C1. The second-order valence-corrected chi connectivity index (χ2v) is 13.1. The third kappa shape index (κ3) is 5.72. The molecule has 3 fully saturated rings. The van der Waals surface area contributed by atoms with Gasteiger partial charge < -0.3 is 19.3 Å². The Hall–Kier alpha value is -3.92. The molecule has 2 aromatic carbocycles. The summed E-state index contributed by atoms with van der Waals surface area (Å²) in [5, 5.41) is 2.34. The molecule has 6 rings (SSSR count). The van der Waals surface area contributed by atoms with Crippen LogP contribution in [0, 0.1) is 5.41 Å². The van der Waals surface area contributed by atoms with Crippen molar-refractivity contribution in [1.29, 1.82) is 0 Å². The van der Waals surface area contributed by atoms with Crippen LogP contribution in [-0.2, 0) is 34.0 Å². The maximum absolute atomic E-state index is 13.1. The van der Waals surface area contributed by atoms with Crippen LogP contribution in [-0.4, -0.2) is 76.3 Å². The number of piperidine rings is 1. The van der Waals surface area contributed by atoms with Crippen LogP contribution in [0.4, 0.5) is 4.79 Å². The highest BCUT2D eigenvalue weighted by Gasteiger charge is 2.50. The summed E-state index contributed by atoms with van der Waals surface area (Å²) in [6.45, 7) is 10.7. The molecule has 4 aliphatic heterocycles. The topological polar surface area (TPSA) is 108 Å². The number of ether oxygens (including phenoxy) is 2. The molecule has 0 aliphatic carbocycles. The van der Waals surface area contributed by atoms with Gasteiger partial charge in [0, 0.05) is 49.1 Å². The van der Waals surface area contributed by atoms with Crippen LogP contribution in [0.1, 0.15) is 67.1 Å². The third-order valence-electron chi connectivity index (χ3n) is 8.58. The van der Waals surface area contributed by atoms with Crippen molar-refractivity contribution in [2.45, 2.75) is 71.4 Å². The van der Waals surface area contributed by atoms with Gasteiger partial charge in [0.15, 0.2) is 0 Å². The predicted octanol–water partition coefficient (Wildman–Crippen LogP) is 3.47. The molecule has 1 spiro atoms. The molecule has 222 valence electrons. The molecule has 0 bridgehead atoms. The second-order valence-electron chi connectivity index (χ2n) is 13.1. The van der Waals surface area contributed by atoms with Crippen LogP contribution in [0.2, 0.25) is 0 Å². The molecule has 0 saturated carbocycles. The quantitative estimate of drug-likeness (QED) is 0.527. The van der Waals surface area contributed by atoms with Crippen LogP contribution in [0.5, 0.6) is 5.75 Å². The molecule has 10 heteroatoms. The Balaban J connectivity index is 1.01. The smallest absolute Gasteiger partial charge is 0.410 e. The van der Waals surface area contributed by atoms with E-state index in [-0.39, 0.29) is 36.3 Å². The van der Waals surface area contributed by atoms with Crippen molar-refractivity contribution >= 4 is 23.8 Å². The molecular formula is C32H38N4O6. The van der Waals surface area contributed by atoms with Crippen molar-refractivity contribution in [2.75, 3.05) is 26.2 Å². The van der Waals surface area contributed by atoms with E-state index in [4.69, 9.17) is 9.47 Å². The van der Waals surface area contributed by atoms with Crippen LogP contribution < -0.4 is 10.1 Å². The Morgan fingerprint density at radius 3 is 2.48 bits per heavy atom. The molecule has 2 aromatic rings. The van der Waals surface area contributed by atoms with E-state index < -0.39 is 17.6 Å². The fraction of sp³-hybridized carbons (Fsp3) is 0.500. The van der Waals surface area contributed by atoms with Crippen LogP contribution in [0.3, 0.4) is 0 Å². The molecular weight excluding hydrogens is 536 g/mol. The Bertz CT molecular complexity index is 1410. The van der Waals surface area contributed by atoms with Gasteiger partial charge in [0.05, 0.1) is 6.54 Å². The Morgan fingerprint density at radius 1 is 1.02 bits per heavy atom. The number of fused-ring (bicyclic) bond motifs is 1. The van der Waals surface area contributed by atoms with Gasteiger partial charge in [-0.2, -0.15) is 0 Å². The average Bonchev–Trinajstić information content (AvgIpc) is 3.48. The number of nitrogens with zero attached hydrogens (tertiary/aromatic N) is 3. The highest BCUT2D eigenvalue weighted by Crippen LogP contribution is 2.40. The predicted molar refractivity (Wildman–Crippen MR) is 153 cm³/mol. The minimum atomic E-state index is -0.651. The first-order valence-corrected chi connectivity index (χ1v) is 14.7. The molecule has 4 aliphatic rings. The largest absolute Gasteiger partial charge is 0.489 e. The number of rotatable bonds is 6. The van der Waals surface area contributed by atoms with E-state index in [1.807, 2.05) is 31.7 Å². The fourth-order valence-corrected chi connectivity index (χ4v) is 6.49. The number of hydrogen-bond donors (Lipinski definition) is 1. The molecule has 1 atom stereocenters. The van der Waals surface area contributed by atoms with Crippen molar-refractivity contribution in [3.8, 4) is 5.75 Å². The lowest BCUT2D eigenvalue weighted by Gasteiger charge is -2.47. The number of hydrogen-bond acceptors (Lipinski definition) is 7. The number of imide groups is 1. The van der Waals surface area contributed by atoms with Gasteiger partial charge in [-0.25, -0.2) is 4.79 Å². The first kappa shape index (κ1) is 28.2. The first-order valence-electron chi connectivity index (χ1n) is 14.7. The van der Waals surface area contributed by atoms with Crippen molar-refractivity contribution in [1.82, 2.24) is 20.0 Å². The maximum atomic E-state index is 13.1. The number of carbonyl (C=O) groups is 4. The summed E-state index contributed by atoms with van der Waals surface area (Å²) in [5.74, 6) is -0.306. The minimum absolute atomic E-state index is 0.176. The Kier molecular flexibility index (Phi) is 7.21. The summed E-state index contributed by atoms with van der Waals surface area (Å²) in [6, 6.07) is 13.1. The van der Waals surface area contributed by atoms with Crippen molar-refractivity contribution < 1.29 is 28.7 Å². The van der Waals surface area contributed by atoms with E-state index >= 15 is 0 Å². The van der Waals surface area contributed by atoms with Crippen LogP contribution in [0.25, 0.3) is 0 Å². The second kappa shape index (κ2) is 10.7. The monoisotopic (exact) mass is 574 g/mol. The summed E-state index contributed by atoms with van der Waals surface area (Å²) in [4.78, 5) is 55.1. The van der Waals surface area contributed by atoms with Crippen LogP contribution >= 0.6 is 0 Å². The van der Waals surface area contributed by atoms with E-state index in [1.54, 1.807) is 12.1 Å². The highest BCUT2D eigenvalue weighted by atomic mass is 16.6. The zero-order chi connectivity index (χ0) is 29.6. The number of amides is 4. The summed E-state index contributed by atoms with van der Waals surface area (Å²) in [6.07, 6.45) is 1.42. The molecule has 0 radical (unpaired) electrons. The van der Waals surface area contributed by atoms with E-state index in [0.29, 0.717) is 24.3 Å². The molecule has 4 amide bonds. The van der Waals surface area contributed by atoms with Gasteiger partial charge in [-0.1, -0.05) is 30.3 Å². The lowest BCUT2D eigenvalue weighted by atomic mass is 9.79. The molecule has 3 saturated heterocycles. The number of nitrogens with one attached hydrogen (secondary N) is 1. The van der Waals surface area contributed by atoms with Gasteiger partial charge >= 0.3 is 6.09 Å². The van der Waals surface area contributed by atoms with E-state index in [0.717, 1.165) is 50.3 Å². The molecule has 1 N–H and O–H groups in total. The third-order valence-corrected chi connectivity index (χ3v) is 8.58. The van der Waals surface area contributed by atoms with Crippen molar-refractivity contribution in [2.24, 2.45) is 5.41 Å². The van der Waals surface area contributed by atoms with E-state index in [1.165, 1.54) is 10.5 Å². The van der Waals surface area contributed by atoms with Crippen molar-refractivity contribution in [3.63, 3.8) is 0 Å². The average molecular weight is 575 g/mol. The van der Waals surface area contributed by atoms with Gasteiger partial charge in [0.2, 0.25) is 11.8 Å². The molecule has 10 nitrogen and oxygen atoms in total. The van der Waals surface area contributed by atoms with E-state index in [2.05, 4.69) is 34.5 Å². The maximum Gasteiger partial charge on any atom is 0.410 e. The van der Waals surface area contributed by atoms with Gasteiger partial charge in [-0.3, -0.25) is 24.6 Å². The lowest BCUT2D eigenvalue weighted by molar-refractivity contribution is -0.136. The standard InChI is InChI=1S/C32H38N4O6/c1-31(2,3)42-30(40)35-19-32(20-35)13-14-34(18-32)15-21-7-9-22(10-8-21)17-41-26-6-4-5-23-24(26)16-36(29(23)39)25-11-12-27(37)33-28(25)38/h4-10,25H,11-20H2,1-3H3,(H,33,37,38). The summed E-state index contributed by atoms with van der Waals surface area (Å²) < 4.78 is 11.7. The Labute approximate surface area is 245 Å². The van der Waals surface area contributed by atoms with Gasteiger partial charge in [-0.15, -0.1) is 0 Å². The number of likely N-dealkylation sites (tertiary alicyclic amines) is 2. The minimum Gasteiger partial charge on any atom is -0.489 e. The van der Waals surface area contributed by atoms with Crippen LogP contribution in [0.15, 0.2) is 42.5 Å². The van der Waals surface area contributed by atoms with Crippen molar-refractivity contribution in [3.05, 3.63) is 64.7 Å². The first-order chi connectivity index (χ1) is 20.0. The molecule has 1 unspecified atom stereocenters. The molecule has 42 heavy (non-hydrogen) atoms. The fourth-order valence-electron chi connectivity index (χ4n) is 6.49. The Morgan fingerprint density at radius 2 is 1.76 bits per heavy atom. The number of benzene rings is 2. The lowest BCUT2D eigenvalue weighted by Crippen LogP contribution is -2.60.